The first-order valence-electron chi connectivity index (χ1n) is 7.88. The van der Waals surface area contributed by atoms with Gasteiger partial charge in [-0.25, -0.2) is 9.40 Å². The molecule has 1 aromatic carbocycles. The number of carbonyl (C=O) groups excluding carboxylic acids is 1. The summed E-state index contributed by atoms with van der Waals surface area (Å²) in [4.78, 5) is 15.0. The van der Waals surface area contributed by atoms with Crippen LogP contribution in [0.25, 0.3) is 0 Å². The van der Waals surface area contributed by atoms with Crippen LogP contribution in [-0.4, -0.2) is 16.6 Å². The minimum atomic E-state index is -0.320. The predicted molar refractivity (Wildman–Crippen MR) is 94.2 cm³/mol. The molecule has 0 N–H and O–H groups in total. The van der Waals surface area contributed by atoms with Crippen LogP contribution in [0.15, 0.2) is 64.3 Å². The summed E-state index contributed by atoms with van der Waals surface area (Å²) in [6.45, 7) is 2.02. The van der Waals surface area contributed by atoms with E-state index in [-0.39, 0.29) is 23.5 Å². The Morgan fingerprint density at radius 3 is 2.84 bits per heavy atom. The Hall–Kier alpha value is -2.73. The number of carbonyl (C=O) groups is 1. The molecule has 2 aromatic heterocycles. The average molecular weight is 354 g/mol. The van der Waals surface area contributed by atoms with Gasteiger partial charge in [0.05, 0.1) is 18.0 Å². The van der Waals surface area contributed by atoms with Crippen molar-refractivity contribution in [2.24, 2.45) is 5.10 Å². The molecule has 3 aromatic rings. The lowest BCUT2D eigenvalue weighted by Crippen LogP contribution is -2.26. The standard InChI is InChI=1S/C19H15FN2O2S/c1-12-7-8-18(25-12)16-11-15(13-4-2-5-14(20)10-13)21-22(16)19(23)17-6-3-9-24-17/h2-10,16H,11H2,1H3/t16-/m0/s1. The number of rotatable bonds is 3. The number of thiophene rings is 1. The summed E-state index contributed by atoms with van der Waals surface area (Å²) in [5.74, 6) is -0.380. The zero-order valence-corrected chi connectivity index (χ0v) is 14.3. The molecule has 25 heavy (non-hydrogen) atoms. The fourth-order valence-corrected chi connectivity index (χ4v) is 3.87. The van der Waals surface area contributed by atoms with Gasteiger partial charge in [-0.05, 0) is 43.3 Å². The van der Waals surface area contributed by atoms with E-state index in [4.69, 9.17) is 4.42 Å². The lowest BCUT2D eigenvalue weighted by molar-refractivity contribution is 0.0681. The molecule has 0 aliphatic carbocycles. The third kappa shape index (κ3) is 3.00. The van der Waals surface area contributed by atoms with Crippen LogP contribution in [0.3, 0.4) is 0 Å². The summed E-state index contributed by atoms with van der Waals surface area (Å²) in [5.41, 5.74) is 1.38. The first-order chi connectivity index (χ1) is 12.1. The molecule has 0 radical (unpaired) electrons. The summed E-state index contributed by atoms with van der Waals surface area (Å²) in [6, 6.07) is 13.4. The highest BCUT2D eigenvalue weighted by atomic mass is 32.1. The molecule has 1 atom stereocenters. The SMILES string of the molecule is Cc1ccc([C@@H]2CC(c3cccc(F)c3)=NN2C(=O)c2ccco2)s1. The van der Waals surface area contributed by atoms with Crippen LogP contribution in [0.1, 0.15) is 38.3 Å². The number of hydrogen-bond acceptors (Lipinski definition) is 4. The van der Waals surface area contributed by atoms with Gasteiger partial charge in [0.2, 0.25) is 0 Å². The molecule has 1 aliphatic rings. The van der Waals surface area contributed by atoms with Crippen molar-refractivity contribution in [1.82, 2.24) is 5.01 Å². The molecule has 4 rings (SSSR count). The van der Waals surface area contributed by atoms with Gasteiger partial charge in [0.15, 0.2) is 5.76 Å². The van der Waals surface area contributed by atoms with Gasteiger partial charge in [-0.1, -0.05) is 12.1 Å². The number of aryl methyl sites for hydroxylation is 1. The van der Waals surface area contributed by atoms with Gasteiger partial charge >= 0.3 is 5.91 Å². The van der Waals surface area contributed by atoms with Gasteiger partial charge in [0.25, 0.3) is 0 Å². The third-order valence-electron chi connectivity index (χ3n) is 4.10. The van der Waals surface area contributed by atoms with E-state index in [2.05, 4.69) is 5.10 Å². The lowest BCUT2D eigenvalue weighted by Gasteiger charge is -2.19. The Morgan fingerprint density at radius 2 is 2.16 bits per heavy atom. The molecule has 1 amide bonds. The molecule has 126 valence electrons. The number of hydrazone groups is 1. The second-order valence-electron chi connectivity index (χ2n) is 5.85. The molecule has 0 saturated carbocycles. The highest BCUT2D eigenvalue weighted by Crippen LogP contribution is 2.37. The number of furan rings is 1. The molecule has 0 saturated heterocycles. The van der Waals surface area contributed by atoms with Gasteiger partial charge in [-0.3, -0.25) is 4.79 Å². The van der Waals surface area contributed by atoms with E-state index < -0.39 is 0 Å². The molecule has 1 aliphatic heterocycles. The van der Waals surface area contributed by atoms with Crippen LogP contribution in [-0.2, 0) is 0 Å². The number of benzene rings is 1. The van der Waals surface area contributed by atoms with Crippen molar-refractivity contribution in [2.75, 3.05) is 0 Å². The zero-order valence-electron chi connectivity index (χ0n) is 13.5. The van der Waals surface area contributed by atoms with Crippen LogP contribution in [0.5, 0.6) is 0 Å². The van der Waals surface area contributed by atoms with Crippen LogP contribution in [0.2, 0.25) is 0 Å². The van der Waals surface area contributed by atoms with Crippen molar-refractivity contribution >= 4 is 23.0 Å². The fourth-order valence-electron chi connectivity index (χ4n) is 2.91. The molecule has 0 bridgehead atoms. The lowest BCUT2D eigenvalue weighted by atomic mass is 10.0. The highest BCUT2D eigenvalue weighted by molar-refractivity contribution is 7.12. The number of hydrogen-bond donors (Lipinski definition) is 0. The first-order valence-corrected chi connectivity index (χ1v) is 8.70. The third-order valence-corrected chi connectivity index (χ3v) is 5.20. The summed E-state index contributed by atoms with van der Waals surface area (Å²) in [7, 11) is 0. The minimum Gasteiger partial charge on any atom is -0.459 e. The average Bonchev–Trinajstić information content (AvgIpc) is 3.34. The zero-order chi connectivity index (χ0) is 17.4. The van der Waals surface area contributed by atoms with Gasteiger partial charge in [0, 0.05) is 21.7 Å². The maximum Gasteiger partial charge on any atom is 0.310 e. The van der Waals surface area contributed by atoms with E-state index in [9.17, 15) is 9.18 Å². The van der Waals surface area contributed by atoms with Crippen LogP contribution in [0, 0.1) is 12.7 Å². The van der Waals surface area contributed by atoms with Gasteiger partial charge < -0.3 is 4.42 Å². The molecule has 3 heterocycles. The van der Waals surface area contributed by atoms with E-state index in [1.165, 1.54) is 28.3 Å². The molecule has 0 fully saturated rings. The first kappa shape index (κ1) is 15.8. The normalized spacial score (nSPS) is 17.0. The summed E-state index contributed by atoms with van der Waals surface area (Å²) in [6.07, 6.45) is 2.00. The quantitative estimate of drug-likeness (QED) is 0.679. The van der Waals surface area contributed by atoms with Crippen LogP contribution in [0.4, 0.5) is 4.39 Å². The maximum atomic E-state index is 13.6. The predicted octanol–water partition coefficient (Wildman–Crippen LogP) is 4.78. The van der Waals surface area contributed by atoms with Crippen molar-refractivity contribution in [2.45, 2.75) is 19.4 Å². The van der Waals surface area contributed by atoms with Crippen molar-refractivity contribution < 1.29 is 13.6 Å². The van der Waals surface area contributed by atoms with E-state index in [0.29, 0.717) is 17.7 Å². The summed E-state index contributed by atoms with van der Waals surface area (Å²) < 4.78 is 18.8. The van der Waals surface area contributed by atoms with E-state index >= 15 is 0 Å². The number of halogens is 1. The number of amides is 1. The van der Waals surface area contributed by atoms with Gasteiger partial charge in [-0.15, -0.1) is 11.3 Å². The van der Waals surface area contributed by atoms with E-state index in [1.54, 1.807) is 35.6 Å². The highest BCUT2D eigenvalue weighted by Gasteiger charge is 2.35. The largest absolute Gasteiger partial charge is 0.459 e. The van der Waals surface area contributed by atoms with Crippen molar-refractivity contribution in [3.63, 3.8) is 0 Å². The molecule has 6 heteroatoms. The number of nitrogens with zero attached hydrogens (tertiary/aromatic N) is 2. The Kier molecular flexibility index (Phi) is 3.97. The smallest absolute Gasteiger partial charge is 0.310 e. The van der Waals surface area contributed by atoms with Crippen molar-refractivity contribution in [3.05, 3.63) is 81.7 Å². The monoisotopic (exact) mass is 354 g/mol. The van der Waals surface area contributed by atoms with Gasteiger partial charge in [0.1, 0.15) is 5.82 Å². The topological polar surface area (TPSA) is 45.8 Å². The molecule has 0 spiro atoms. The fraction of sp³-hybridized carbons (Fsp3) is 0.158. The maximum absolute atomic E-state index is 13.6. The van der Waals surface area contributed by atoms with Crippen LogP contribution >= 0.6 is 11.3 Å². The van der Waals surface area contributed by atoms with E-state index in [1.807, 2.05) is 19.1 Å². The molecule has 4 nitrogen and oxygen atoms in total. The Morgan fingerprint density at radius 1 is 1.28 bits per heavy atom. The Balaban J connectivity index is 1.73. The Bertz CT molecular complexity index is 946. The molecular formula is C19H15FN2O2S. The summed E-state index contributed by atoms with van der Waals surface area (Å²) in [5, 5.41) is 5.95. The Labute approximate surface area is 148 Å². The van der Waals surface area contributed by atoms with E-state index in [0.717, 1.165) is 4.88 Å². The van der Waals surface area contributed by atoms with Crippen molar-refractivity contribution in [3.8, 4) is 0 Å². The van der Waals surface area contributed by atoms with Crippen molar-refractivity contribution in [1.29, 1.82) is 0 Å². The minimum absolute atomic E-state index is 0.213. The van der Waals surface area contributed by atoms with Gasteiger partial charge in [-0.2, -0.15) is 5.10 Å². The molecular weight excluding hydrogens is 339 g/mol. The molecule has 0 unspecified atom stereocenters. The second kappa shape index (κ2) is 6.29. The van der Waals surface area contributed by atoms with Crippen LogP contribution < -0.4 is 0 Å². The summed E-state index contributed by atoms with van der Waals surface area (Å²) >= 11 is 1.63. The second-order valence-corrected chi connectivity index (χ2v) is 7.17.